The van der Waals surface area contributed by atoms with Crippen molar-refractivity contribution in [3.8, 4) is 5.75 Å². The summed E-state index contributed by atoms with van der Waals surface area (Å²) in [6.07, 6.45) is 14.6. The molecule has 0 atom stereocenters. The summed E-state index contributed by atoms with van der Waals surface area (Å²) in [5.41, 5.74) is 5.36. The van der Waals surface area contributed by atoms with E-state index in [1.165, 1.54) is 48.3 Å². The van der Waals surface area contributed by atoms with Gasteiger partial charge in [-0.3, -0.25) is 9.59 Å². The number of hydrogen-bond acceptors (Lipinski definition) is 4. The number of carboxylic acid groups (broad SMARTS) is 1. The summed E-state index contributed by atoms with van der Waals surface area (Å²) < 4.78 is 0. The molecule has 0 heterocycles. The molecule has 0 spiro atoms. The lowest BCUT2D eigenvalue weighted by Crippen LogP contribution is -2.19. The molecule has 1 aromatic carbocycles. The fourth-order valence-electron chi connectivity index (χ4n) is 4.15. The van der Waals surface area contributed by atoms with Crippen LogP contribution in [0.2, 0.25) is 0 Å². The first-order chi connectivity index (χ1) is 16.4. The Labute approximate surface area is 207 Å². The Morgan fingerprint density at radius 2 is 1.83 bits per heavy atom. The molecule has 0 saturated heterocycles. The number of ketones is 1. The second kappa shape index (κ2) is 12.2. The zero-order chi connectivity index (χ0) is 26.2. The molecule has 35 heavy (non-hydrogen) atoms. The van der Waals surface area contributed by atoms with Crippen LogP contribution in [0.1, 0.15) is 59.4 Å². The zero-order valence-corrected chi connectivity index (χ0v) is 21.1. The second-order valence-electron chi connectivity index (χ2n) is 9.66. The summed E-state index contributed by atoms with van der Waals surface area (Å²) in [5.74, 6) is -3.15. The van der Waals surface area contributed by atoms with Gasteiger partial charge in [0.05, 0.1) is 0 Å². The number of allylic oxidation sites excluding steroid dienone is 9. The number of aromatic hydroxyl groups is 1. The molecule has 2 rings (SSSR count). The normalized spacial score (nSPS) is 16.7. The van der Waals surface area contributed by atoms with Crippen LogP contribution in [0.4, 0.5) is 5.69 Å². The van der Waals surface area contributed by atoms with E-state index >= 15 is 0 Å². The van der Waals surface area contributed by atoms with Crippen LogP contribution in [-0.4, -0.2) is 27.9 Å². The molecular weight excluding hydrogens is 442 g/mol. The minimum absolute atomic E-state index is 0.124. The zero-order valence-electron chi connectivity index (χ0n) is 21.1. The highest BCUT2D eigenvalue weighted by molar-refractivity contribution is 6.33. The first-order valence-corrected chi connectivity index (χ1v) is 11.7. The number of phenolic OH excluding ortho intramolecular Hbond substituents is 1. The van der Waals surface area contributed by atoms with Crippen molar-refractivity contribution >= 4 is 23.3 Å². The van der Waals surface area contributed by atoms with Gasteiger partial charge in [0.2, 0.25) is 11.7 Å². The van der Waals surface area contributed by atoms with Crippen molar-refractivity contribution in [1.29, 1.82) is 0 Å². The summed E-state index contributed by atoms with van der Waals surface area (Å²) in [6, 6.07) is 4.05. The number of aliphatic carboxylic acids is 1. The Bertz CT molecular complexity index is 1150. The van der Waals surface area contributed by atoms with Gasteiger partial charge in [-0.2, -0.15) is 0 Å². The number of Topliss-reactive ketones (excluding diaryl/α,β-unsaturated/α-hetero) is 1. The van der Waals surface area contributed by atoms with E-state index in [9.17, 15) is 19.5 Å². The number of carbonyl (C=O) groups excluding carboxylic acids is 2. The molecule has 0 unspecified atom stereocenters. The second-order valence-corrected chi connectivity index (χ2v) is 9.66. The third kappa shape index (κ3) is 8.56. The maximum atomic E-state index is 12.4. The lowest BCUT2D eigenvalue weighted by Gasteiger charge is -2.32. The van der Waals surface area contributed by atoms with Gasteiger partial charge in [-0.05, 0) is 80.4 Å². The SMILES string of the molecule is CC(C=CC1=C(C)CCCC1(C)C)=CC=CC(C)=CC(=O)Nc1ccc(O)cc1CC(=O)C(=O)O. The van der Waals surface area contributed by atoms with Gasteiger partial charge >= 0.3 is 5.97 Å². The van der Waals surface area contributed by atoms with Crippen LogP contribution in [0.3, 0.4) is 0 Å². The summed E-state index contributed by atoms with van der Waals surface area (Å²) >= 11 is 0. The number of hydrogen-bond donors (Lipinski definition) is 3. The van der Waals surface area contributed by atoms with E-state index in [-0.39, 0.29) is 22.4 Å². The molecule has 0 saturated carbocycles. The molecule has 186 valence electrons. The van der Waals surface area contributed by atoms with Crippen molar-refractivity contribution in [2.24, 2.45) is 5.41 Å². The van der Waals surface area contributed by atoms with Crippen molar-refractivity contribution in [3.63, 3.8) is 0 Å². The van der Waals surface area contributed by atoms with Crippen LogP contribution in [0.25, 0.3) is 0 Å². The van der Waals surface area contributed by atoms with E-state index in [4.69, 9.17) is 5.11 Å². The van der Waals surface area contributed by atoms with Gasteiger partial charge in [0.1, 0.15) is 5.75 Å². The summed E-state index contributed by atoms with van der Waals surface area (Å²) in [5, 5.41) is 21.1. The number of rotatable bonds is 9. The molecule has 0 aliphatic heterocycles. The van der Waals surface area contributed by atoms with E-state index < -0.39 is 24.1 Å². The van der Waals surface area contributed by atoms with E-state index in [0.29, 0.717) is 5.57 Å². The highest BCUT2D eigenvalue weighted by atomic mass is 16.4. The Hall–Kier alpha value is -3.67. The van der Waals surface area contributed by atoms with Crippen LogP contribution in [0, 0.1) is 5.41 Å². The summed E-state index contributed by atoms with van der Waals surface area (Å²) in [6.45, 7) is 10.6. The van der Waals surface area contributed by atoms with Crippen LogP contribution in [0.5, 0.6) is 5.75 Å². The minimum atomic E-state index is -1.57. The highest BCUT2D eigenvalue weighted by Gasteiger charge is 2.26. The van der Waals surface area contributed by atoms with Crippen LogP contribution < -0.4 is 5.32 Å². The van der Waals surface area contributed by atoms with Gasteiger partial charge in [0.15, 0.2) is 0 Å². The van der Waals surface area contributed by atoms with Crippen molar-refractivity contribution in [1.82, 2.24) is 0 Å². The maximum absolute atomic E-state index is 12.4. The largest absolute Gasteiger partial charge is 0.508 e. The van der Waals surface area contributed by atoms with Gasteiger partial charge in [-0.25, -0.2) is 4.79 Å². The molecule has 6 nitrogen and oxygen atoms in total. The van der Waals surface area contributed by atoms with Gasteiger partial charge in [-0.1, -0.05) is 55.4 Å². The average molecular weight is 478 g/mol. The van der Waals surface area contributed by atoms with Crippen molar-refractivity contribution in [2.75, 3.05) is 5.32 Å². The lowest BCUT2D eigenvalue weighted by molar-refractivity contribution is -0.148. The molecule has 6 heteroatoms. The molecule has 0 fully saturated rings. The molecule has 0 radical (unpaired) electrons. The van der Waals surface area contributed by atoms with Gasteiger partial charge in [0.25, 0.3) is 0 Å². The van der Waals surface area contributed by atoms with Crippen molar-refractivity contribution in [3.05, 3.63) is 82.5 Å². The fourth-order valence-corrected chi connectivity index (χ4v) is 4.15. The number of amides is 1. The predicted octanol–water partition coefficient (Wildman–Crippen LogP) is 6.06. The van der Waals surface area contributed by atoms with Crippen molar-refractivity contribution in [2.45, 2.75) is 60.3 Å². The number of phenols is 1. The molecule has 1 aromatic rings. The molecule has 1 amide bonds. The monoisotopic (exact) mass is 477 g/mol. The Morgan fingerprint density at radius 1 is 1.11 bits per heavy atom. The molecular formula is C29H35NO5. The quantitative estimate of drug-likeness (QED) is 0.174. The smallest absolute Gasteiger partial charge is 0.372 e. The summed E-state index contributed by atoms with van der Waals surface area (Å²) in [4.78, 5) is 34.9. The molecule has 0 bridgehead atoms. The van der Waals surface area contributed by atoms with Crippen LogP contribution in [-0.2, 0) is 20.8 Å². The first kappa shape index (κ1) is 27.6. The van der Waals surface area contributed by atoms with E-state index in [2.05, 4.69) is 38.2 Å². The molecule has 1 aliphatic rings. The number of carbonyl (C=O) groups is 3. The Morgan fingerprint density at radius 3 is 2.49 bits per heavy atom. The molecule has 0 aromatic heterocycles. The minimum Gasteiger partial charge on any atom is -0.508 e. The predicted molar refractivity (Wildman–Crippen MR) is 139 cm³/mol. The topological polar surface area (TPSA) is 104 Å². The highest BCUT2D eigenvalue weighted by Crippen LogP contribution is 2.40. The molecule has 3 N–H and O–H groups in total. The first-order valence-electron chi connectivity index (χ1n) is 11.7. The van der Waals surface area contributed by atoms with Crippen molar-refractivity contribution < 1.29 is 24.6 Å². The third-order valence-corrected chi connectivity index (χ3v) is 6.07. The average Bonchev–Trinajstić information content (AvgIpc) is 2.74. The van der Waals surface area contributed by atoms with E-state index in [0.717, 1.165) is 12.0 Å². The number of anilines is 1. The van der Waals surface area contributed by atoms with Gasteiger partial charge < -0.3 is 15.5 Å². The van der Waals surface area contributed by atoms with Crippen LogP contribution in [0.15, 0.2) is 76.9 Å². The Balaban J connectivity index is 2.05. The third-order valence-electron chi connectivity index (χ3n) is 6.07. The van der Waals surface area contributed by atoms with Gasteiger partial charge in [0, 0.05) is 18.2 Å². The fraction of sp³-hybridized carbons (Fsp3) is 0.345. The Kier molecular flexibility index (Phi) is 9.58. The number of carboxylic acids is 1. The van der Waals surface area contributed by atoms with E-state index in [1.54, 1.807) is 6.92 Å². The molecule has 1 aliphatic carbocycles. The summed E-state index contributed by atoms with van der Waals surface area (Å²) in [7, 11) is 0. The number of benzene rings is 1. The van der Waals surface area contributed by atoms with E-state index in [1.807, 2.05) is 25.2 Å². The number of nitrogens with one attached hydrogen (secondary N) is 1. The van der Waals surface area contributed by atoms with Gasteiger partial charge in [-0.15, -0.1) is 0 Å². The van der Waals surface area contributed by atoms with Crippen LogP contribution >= 0.6 is 0 Å². The maximum Gasteiger partial charge on any atom is 0.372 e. The lowest BCUT2D eigenvalue weighted by atomic mass is 9.72. The standard InChI is InChI=1S/C29H35NO5/c1-19(11-13-24-21(3)10-7-15-29(24,4)5)8-6-9-20(2)16-27(33)30-25-14-12-23(31)17-22(25)18-26(32)28(34)35/h6,8-9,11-14,16-17,31H,7,10,15,18H2,1-5H3,(H,30,33)(H,34,35).